The van der Waals surface area contributed by atoms with E-state index in [2.05, 4.69) is 21.2 Å². The van der Waals surface area contributed by atoms with Crippen LogP contribution >= 0.6 is 15.9 Å². The third-order valence-electron chi connectivity index (χ3n) is 3.97. The highest BCUT2D eigenvalue weighted by Gasteiger charge is 2.24. The quantitative estimate of drug-likeness (QED) is 0.882. The summed E-state index contributed by atoms with van der Waals surface area (Å²) in [6.07, 6.45) is 5.88. The molecule has 0 bridgehead atoms. The van der Waals surface area contributed by atoms with Crippen molar-refractivity contribution in [2.75, 3.05) is 6.54 Å². The predicted octanol–water partition coefficient (Wildman–Crippen LogP) is 3.23. The van der Waals surface area contributed by atoms with Crippen molar-refractivity contribution in [3.63, 3.8) is 0 Å². The third-order valence-corrected chi connectivity index (χ3v) is 4.61. The highest BCUT2D eigenvalue weighted by Crippen LogP contribution is 2.26. The molecule has 0 aliphatic heterocycles. The minimum atomic E-state index is -0.431. The van der Waals surface area contributed by atoms with Crippen LogP contribution in [0.3, 0.4) is 0 Å². The molecule has 1 aromatic carbocycles. The Kier molecular flexibility index (Phi) is 5.54. The molecule has 1 atom stereocenters. The monoisotopic (exact) mass is 342 g/mol. The first kappa shape index (κ1) is 15.4. The molecule has 110 valence electrons. The second-order valence-electron chi connectivity index (χ2n) is 5.34. The predicted molar refractivity (Wildman–Crippen MR) is 81.0 cm³/mol. The first-order valence-corrected chi connectivity index (χ1v) is 7.87. The average molecular weight is 343 g/mol. The van der Waals surface area contributed by atoms with Gasteiger partial charge in [-0.25, -0.2) is 4.39 Å². The van der Waals surface area contributed by atoms with Gasteiger partial charge in [0.05, 0.1) is 4.47 Å². The smallest absolute Gasteiger partial charge is 0.251 e. The van der Waals surface area contributed by atoms with Crippen LogP contribution in [0.5, 0.6) is 0 Å². The second kappa shape index (κ2) is 7.18. The Bertz CT molecular complexity index is 475. The van der Waals surface area contributed by atoms with Crippen LogP contribution in [-0.4, -0.2) is 18.5 Å². The molecule has 1 fully saturated rings. The summed E-state index contributed by atoms with van der Waals surface area (Å²) < 4.78 is 13.8. The molecule has 3 N–H and O–H groups in total. The number of halogens is 2. The minimum absolute atomic E-state index is 0.0190. The molecule has 1 aliphatic rings. The van der Waals surface area contributed by atoms with E-state index in [9.17, 15) is 9.18 Å². The summed E-state index contributed by atoms with van der Waals surface area (Å²) in [5.74, 6) is -0.241. The Labute approximate surface area is 127 Å². The standard InChI is InChI=1S/C15H20BrFN2O/c16-12-7-6-11(8-13(12)17)15(20)19-14(9-18)10-4-2-1-3-5-10/h6-8,10,14H,1-5,9,18H2,(H,19,20). The summed E-state index contributed by atoms with van der Waals surface area (Å²) in [6.45, 7) is 0.426. The number of carbonyl (C=O) groups is 1. The van der Waals surface area contributed by atoms with E-state index in [1.807, 2.05) is 0 Å². The minimum Gasteiger partial charge on any atom is -0.348 e. The molecule has 0 heterocycles. The number of nitrogens with one attached hydrogen (secondary N) is 1. The molecule has 0 aromatic heterocycles. The van der Waals surface area contributed by atoms with E-state index in [4.69, 9.17) is 5.73 Å². The number of hydrogen-bond acceptors (Lipinski definition) is 2. The van der Waals surface area contributed by atoms with Gasteiger partial charge in [-0.3, -0.25) is 4.79 Å². The Morgan fingerprint density at radius 1 is 1.40 bits per heavy atom. The first-order chi connectivity index (χ1) is 9.61. The Balaban J connectivity index is 2.02. The van der Waals surface area contributed by atoms with Crippen molar-refractivity contribution in [2.45, 2.75) is 38.1 Å². The van der Waals surface area contributed by atoms with E-state index < -0.39 is 5.82 Å². The zero-order valence-electron chi connectivity index (χ0n) is 11.4. The van der Waals surface area contributed by atoms with Crippen LogP contribution in [0, 0.1) is 11.7 Å². The summed E-state index contributed by atoms with van der Waals surface area (Å²) in [6, 6.07) is 4.38. The molecular formula is C15H20BrFN2O. The number of rotatable bonds is 4. The maximum absolute atomic E-state index is 13.5. The van der Waals surface area contributed by atoms with E-state index in [1.165, 1.54) is 25.3 Å². The van der Waals surface area contributed by atoms with Crippen molar-refractivity contribution in [3.8, 4) is 0 Å². The fraction of sp³-hybridized carbons (Fsp3) is 0.533. The van der Waals surface area contributed by atoms with Crippen LogP contribution in [0.25, 0.3) is 0 Å². The lowest BCUT2D eigenvalue weighted by molar-refractivity contribution is 0.0915. The van der Waals surface area contributed by atoms with Crippen LogP contribution in [0.15, 0.2) is 22.7 Å². The molecule has 0 spiro atoms. The number of benzene rings is 1. The summed E-state index contributed by atoms with van der Waals surface area (Å²) in [5.41, 5.74) is 6.12. The molecular weight excluding hydrogens is 323 g/mol. The van der Waals surface area contributed by atoms with Crippen molar-refractivity contribution < 1.29 is 9.18 Å². The Morgan fingerprint density at radius 3 is 2.70 bits per heavy atom. The number of nitrogens with two attached hydrogens (primary N) is 1. The lowest BCUT2D eigenvalue weighted by Gasteiger charge is -2.30. The van der Waals surface area contributed by atoms with E-state index in [0.29, 0.717) is 22.5 Å². The lowest BCUT2D eigenvalue weighted by atomic mass is 9.84. The van der Waals surface area contributed by atoms with Gasteiger partial charge in [-0.1, -0.05) is 19.3 Å². The maximum atomic E-state index is 13.5. The van der Waals surface area contributed by atoms with Crippen molar-refractivity contribution >= 4 is 21.8 Å². The Hall–Kier alpha value is -0.940. The molecule has 1 saturated carbocycles. The molecule has 1 amide bonds. The summed E-state index contributed by atoms with van der Waals surface area (Å²) in [7, 11) is 0. The fourth-order valence-corrected chi connectivity index (χ4v) is 3.04. The van der Waals surface area contributed by atoms with Gasteiger partial charge in [0.25, 0.3) is 5.91 Å². The third kappa shape index (κ3) is 3.79. The lowest BCUT2D eigenvalue weighted by Crippen LogP contribution is -2.45. The maximum Gasteiger partial charge on any atom is 0.251 e. The van der Waals surface area contributed by atoms with Crippen molar-refractivity contribution in [3.05, 3.63) is 34.1 Å². The van der Waals surface area contributed by atoms with Gasteiger partial charge in [-0.15, -0.1) is 0 Å². The second-order valence-corrected chi connectivity index (χ2v) is 6.20. The SMILES string of the molecule is NCC(NC(=O)c1ccc(Br)c(F)c1)C1CCCCC1. The molecule has 5 heteroatoms. The van der Waals surface area contributed by atoms with Gasteiger partial charge >= 0.3 is 0 Å². The zero-order valence-corrected chi connectivity index (χ0v) is 13.0. The molecule has 1 unspecified atom stereocenters. The molecule has 0 radical (unpaired) electrons. The topological polar surface area (TPSA) is 55.1 Å². The van der Waals surface area contributed by atoms with Crippen molar-refractivity contribution in [1.82, 2.24) is 5.32 Å². The summed E-state index contributed by atoms with van der Waals surface area (Å²) in [5, 5.41) is 2.95. The largest absolute Gasteiger partial charge is 0.348 e. The van der Waals surface area contributed by atoms with Gasteiger partial charge in [0, 0.05) is 18.2 Å². The fourth-order valence-electron chi connectivity index (χ4n) is 2.79. The summed E-state index contributed by atoms with van der Waals surface area (Å²) >= 11 is 3.08. The Morgan fingerprint density at radius 2 is 2.10 bits per heavy atom. The van der Waals surface area contributed by atoms with Gasteiger partial charge in [0.2, 0.25) is 0 Å². The normalized spacial score (nSPS) is 17.8. The highest BCUT2D eigenvalue weighted by atomic mass is 79.9. The van der Waals surface area contributed by atoms with E-state index in [1.54, 1.807) is 12.1 Å². The van der Waals surface area contributed by atoms with Gasteiger partial charge in [-0.2, -0.15) is 0 Å². The molecule has 1 aromatic rings. The van der Waals surface area contributed by atoms with Crippen LogP contribution in [0.2, 0.25) is 0 Å². The molecule has 3 nitrogen and oxygen atoms in total. The highest BCUT2D eigenvalue weighted by molar-refractivity contribution is 9.10. The number of hydrogen-bond donors (Lipinski definition) is 2. The molecule has 2 rings (SSSR count). The van der Waals surface area contributed by atoms with Gasteiger partial charge in [0.1, 0.15) is 5.82 Å². The van der Waals surface area contributed by atoms with E-state index in [-0.39, 0.29) is 11.9 Å². The van der Waals surface area contributed by atoms with E-state index in [0.717, 1.165) is 12.8 Å². The van der Waals surface area contributed by atoms with Crippen molar-refractivity contribution in [1.29, 1.82) is 0 Å². The zero-order chi connectivity index (χ0) is 14.5. The van der Waals surface area contributed by atoms with Gasteiger partial charge in [-0.05, 0) is 52.9 Å². The van der Waals surface area contributed by atoms with Crippen LogP contribution in [-0.2, 0) is 0 Å². The van der Waals surface area contributed by atoms with Crippen LogP contribution in [0.4, 0.5) is 4.39 Å². The first-order valence-electron chi connectivity index (χ1n) is 7.08. The molecule has 0 saturated heterocycles. The molecule has 1 aliphatic carbocycles. The van der Waals surface area contributed by atoms with Crippen LogP contribution in [0.1, 0.15) is 42.5 Å². The van der Waals surface area contributed by atoms with E-state index >= 15 is 0 Å². The number of carbonyl (C=O) groups excluding carboxylic acids is 1. The number of amides is 1. The molecule has 20 heavy (non-hydrogen) atoms. The van der Waals surface area contributed by atoms with Gasteiger partial charge < -0.3 is 11.1 Å². The van der Waals surface area contributed by atoms with Gasteiger partial charge in [0.15, 0.2) is 0 Å². The average Bonchev–Trinajstić information content (AvgIpc) is 2.48. The van der Waals surface area contributed by atoms with Crippen molar-refractivity contribution in [2.24, 2.45) is 11.7 Å². The van der Waals surface area contributed by atoms with Crippen LogP contribution < -0.4 is 11.1 Å². The summed E-state index contributed by atoms with van der Waals surface area (Å²) in [4.78, 5) is 12.2.